The average Bonchev–Trinajstić information content (AvgIpc) is 2.96. The number of carbonyl (C=O) groups is 2. The monoisotopic (exact) mass is 409 g/mol. The van der Waals surface area contributed by atoms with E-state index in [9.17, 15) is 24.8 Å². The molecule has 1 amide bonds. The molecule has 0 aliphatic carbocycles. The molecule has 1 unspecified atom stereocenters. The number of amides is 1. The fourth-order valence-electron chi connectivity index (χ4n) is 3.50. The van der Waals surface area contributed by atoms with Crippen LogP contribution in [0.25, 0.3) is 5.76 Å². The van der Waals surface area contributed by atoms with Crippen molar-refractivity contribution in [1.82, 2.24) is 9.80 Å². The van der Waals surface area contributed by atoms with Crippen molar-refractivity contribution < 1.29 is 19.6 Å². The molecular weight excluding hydrogens is 386 g/mol. The summed E-state index contributed by atoms with van der Waals surface area (Å²) in [5.41, 5.74) is 1.77. The molecule has 1 heterocycles. The van der Waals surface area contributed by atoms with E-state index >= 15 is 0 Å². The number of aliphatic hydroxyl groups excluding tert-OH is 1. The molecule has 1 saturated heterocycles. The Kier molecular flexibility index (Phi) is 5.98. The van der Waals surface area contributed by atoms with Gasteiger partial charge < -0.3 is 14.9 Å². The lowest BCUT2D eigenvalue weighted by Crippen LogP contribution is -2.35. The van der Waals surface area contributed by atoms with E-state index < -0.39 is 22.7 Å². The van der Waals surface area contributed by atoms with Crippen LogP contribution in [-0.2, 0) is 9.59 Å². The van der Waals surface area contributed by atoms with E-state index in [-0.39, 0.29) is 22.6 Å². The molecule has 1 atom stereocenters. The van der Waals surface area contributed by atoms with E-state index in [1.54, 1.807) is 0 Å². The highest BCUT2D eigenvalue weighted by Gasteiger charge is 2.45. The lowest BCUT2D eigenvalue weighted by molar-refractivity contribution is -0.384. The fraction of sp³-hybridized carbons (Fsp3) is 0.273. The first-order chi connectivity index (χ1) is 14.2. The van der Waals surface area contributed by atoms with Gasteiger partial charge in [0.1, 0.15) is 5.76 Å². The third kappa shape index (κ3) is 4.08. The van der Waals surface area contributed by atoms with Crippen molar-refractivity contribution >= 4 is 23.1 Å². The molecule has 3 rings (SSSR count). The lowest BCUT2D eigenvalue weighted by Gasteiger charge is -2.26. The summed E-state index contributed by atoms with van der Waals surface area (Å²) < 4.78 is 0. The summed E-state index contributed by atoms with van der Waals surface area (Å²) in [6.45, 7) is 2.77. The van der Waals surface area contributed by atoms with Gasteiger partial charge in [0.15, 0.2) is 0 Å². The number of hydrogen-bond acceptors (Lipinski definition) is 6. The summed E-state index contributed by atoms with van der Waals surface area (Å²) in [5, 5.41) is 21.8. The van der Waals surface area contributed by atoms with Crippen molar-refractivity contribution in [2.24, 2.45) is 0 Å². The largest absolute Gasteiger partial charge is 0.507 e. The molecule has 2 aromatic rings. The molecular formula is C22H23N3O5. The number of ketones is 1. The van der Waals surface area contributed by atoms with Crippen molar-refractivity contribution in [3.05, 3.63) is 80.9 Å². The van der Waals surface area contributed by atoms with Gasteiger partial charge in [0, 0.05) is 30.8 Å². The van der Waals surface area contributed by atoms with Gasteiger partial charge in [0.05, 0.1) is 16.5 Å². The van der Waals surface area contributed by atoms with Gasteiger partial charge >= 0.3 is 0 Å². The third-order valence-corrected chi connectivity index (χ3v) is 5.04. The van der Waals surface area contributed by atoms with Crippen LogP contribution < -0.4 is 0 Å². The Morgan fingerprint density at radius 2 is 1.83 bits per heavy atom. The van der Waals surface area contributed by atoms with Crippen LogP contribution in [0, 0.1) is 17.0 Å². The molecule has 0 saturated carbocycles. The van der Waals surface area contributed by atoms with Crippen LogP contribution in [0.5, 0.6) is 0 Å². The molecule has 0 bridgehead atoms. The average molecular weight is 409 g/mol. The molecule has 8 nitrogen and oxygen atoms in total. The van der Waals surface area contributed by atoms with Gasteiger partial charge in [-0.25, -0.2) is 0 Å². The number of rotatable bonds is 6. The summed E-state index contributed by atoms with van der Waals surface area (Å²) in [6, 6.07) is 11.9. The van der Waals surface area contributed by atoms with Gasteiger partial charge in [-0.2, -0.15) is 0 Å². The summed E-state index contributed by atoms with van der Waals surface area (Å²) in [4.78, 5) is 39.4. The van der Waals surface area contributed by atoms with E-state index in [1.807, 2.05) is 50.2 Å². The smallest absolute Gasteiger partial charge is 0.295 e. The predicted molar refractivity (Wildman–Crippen MR) is 112 cm³/mol. The van der Waals surface area contributed by atoms with Gasteiger partial charge in [0.25, 0.3) is 17.4 Å². The Hall–Kier alpha value is -3.52. The number of aryl methyl sites for hydroxylation is 1. The summed E-state index contributed by atoms with van der Waals surface area (Å²) >= 11 is 0. The Morgan fingerprint density at radius 3 is 2.40 bits per heavy atom. The first-order valence-electron chi connectivity index (χ1n) is 9.45. The Balaban J connectivity index is 2.13. The minimum atomic E-state index is -0.767. The van der Waals surface area contributed by atoms with Crippen LogP contribution in [0.4, 0.5) is 5.69 Å². The fourth-order valence-corrected chi connectivity index (χ4v) is 3.50. The SMILES string of the molecule is Cc1cccc(C2/C(=C(/O)c3ccc([N+](=O)[O-])cc3)C(=O)C(=O)N2CCN(C)C)c1. The van der Waals surface area contributed by atoms with Crippen molar-refractivity contribution in [2.45, 2.75) is 13.0 Å². The van der Waals surface area contributed by atoms with Gasteiger partial charge in [-0.1, -0.05) is 29.8 Å². The summed E-state index contributed by atoms with van der Waals surface area (Å²) in [7, 11) is 3.74. The zero-order chi connectivity index (χ0) is 22.0. The standard InChI is InChI=1S/C22H23N3O5/c1-14-5-4-6-16(13-14)19-18(21(27)22(28)24(19)12-11-23(2)3)20(26)15-7-9-17(10-8-15)25(29)30/h4-10,13,19,26H,11-12H2,1-3H3/b20-18-. The second-order valence-electron chi connectivity index (χ2n) is 7.51. The molecule has 1 N–H and O–H groups in total. The quantitative estimate of drug-likeness (QED) is 0.259. The number of Topliss-reactive ketones (excluding diaryl/α,β-unsaturated/α-hetero) is 1. The number of hydrogen-bond donors (Lipinski definition) is 1. The van der Waals surface area contributed by atoms with Crippen molar-refractivity contribution in [1.29, 1.82) is 0 Å². The molecule has 8 heteroatoms. The van der Waals surface area contributed by atoms with E-state index in [4.69, 9.17) is 0 Å². The Bertz CT molecular complexity index is 1030. The molecule has 30 heavy (non-hydrogen) atoms. The molecule has 1 fully saturated rings. The number of nitro benzene ring substituents is 1. The van der Waals surface area contributed by atoms with Crippen LogP contribution in [0.2, 0.25) is 0 Å². The minimum Gasteiger partial charge on any atom is -0.507 e. The molecule has 0 spiro atoms. The maximum absolute atomic E-state index is 12.9. The van der Waals surface area contributed by atoms with E-state index in [0.717, 1.165) is 11.1 Å². The number of nitro groups is 1. The second kappa shape index (κ2) is 8.46. The summed E-state index contributed by atoms with van der Waals surface area (Å²) in [6.07, 6.45) is 0. The maximum atomic E-state index is 12.9. The highest BCUT2D eigenvalue weighted by molar-refractivity contribution is 6.46. The van der Waals surface area contributed by atoms with Gasteiger partial charge in [-0.15, -0.1) is 0 Å². The van der Waals surface area contributed by atoms with Crippen molar-refractivity contribution in [2.75, 3.05) is 27.2 Å². The predicted octanol–water partition coefficient (Wildman–Crippen LogP) is 2.89. The summed E-state index contributed by atoms with van der Waals surface area (Å²) in [5.74, 6) is -1.79. The number of benzene rings is 2. The van der Waals surface area contributed by atoms with Crippen LogP contribution in [-0.4, -0.2) is 58.7 Å². The first-order valence-corrected chi connectivity index (χ1v) is 9.45. The Morgan fingerprint density at radius 1 is 1.17 bits per heavy atom. The maximum Gasteiger partial charge on any atom is 0.295 e. The number of nitrogens with zero attached hydrogens (tertiary/aromatic N) is 3. The Labute approximate surface area is 174 Å². The first kappa shape index (κ1) is 21.2. The molecule has 0 aromatic heterocycles. The number of likely N-dealkylation sites (N-methyl/N-ethyl adjacent to an activating group) is 1. The van der Waals surface area contributed by atoms with Crippen LogP contribution in [0.15, 0.2) is 54.1 Å². The van der Waals surface area contributed by atoms with E-state index in [2.05, 4.69) is 0 Å². The van der Waals surface area contributed by atoms with Gasteiger partial charge in [-0.3, -0.25) is 19.7 Å². The van der Waals surface area contributed by atoms with Crippen LogP contribution in [0.3, 0.4) is 0 Å². The van der Waals surface area contributed by atoms with Crippen LogP contribution >= 0.6 is 0 Å². The molecule has 2 aromatic carbocycles. The van der Waals surface area contributed by atoms with Crippen LogP contribution in [0.1, 0.15) is 22.7 Å². The number of carbonyl (C=O) groups excluding carboxylic acids is 2. The number of non-ortho nitro benzene ring substituents is 1. The second-order valence-corrected chi connectivity index (χ2v) is 7.51. The van der Waals surface area contributed by atoms with E-state index in [0.29, 0.717) is 13.1 Å². The highest BCUT2D eigenvalue weighted by atomic mass is 16.6. The van der Waals surface area contributed by atoms with Crippen molar-refractivity contribution in [3.63, 3.8) is 0 Å². The van der Waals surface area contributed by atoms with Crippen molar-refractivity contribution in [3.8, 4) is 0 Å². The van der Waals surface area contributed by atoms with E-state index in [1.165, 1.54) is 29.2 Å². The zero-order valence-corrected chi connectivity index (χ0v) is 17.0. The zero-order valence-electron chi connectivity index (χ0n) is 17.0. The molecule has 0 radical (unpaired) electrons. The highest BCUT2D eigenvalue weighted by Crippen LogP contribution is 2.39. The number of aliphatic hydroxyl groups is 1. The topological polar surface area (TPSA) is 104 Å². The van der Waals surface area contributed by atoms with Gasteiger partial charge in [0.2, 0.25) is 0 Å². The molecule has 156 valence electrons. The third-order valence-electron chi connectivity index (χ3n) is 5.04. The molecule has 1 aliphatic heterocycles. The van der Waals surface area contributed by atoms with Gasteiger partial charge in [-0.05, 0) is 38.7 Å². The number of likely N-dealkylation sites (tertiary alicyclic amines) is 1. The minimum absolute atomic E-state index is 0.0155. The lowest BCUT2D eigenvalue weighted by atomic mass is 9.94. The normalized spacial score (nSPS) is 18.3. The molecule has 1 aliphatic rings.